The molecule has 0 unspecified atom stereocenters. The number of hydrogen-bond donors (Lipinski definition) is 4. The maximum Gasteiger partial charge on any atom is 0.424 e. The molecule has 0 aliphatic carbocycles. The van der Waals surface area contributed by atoms with Gasteiger partial charge in [0.1, 0.15) is 40.5 Å². The Morgan fingerprint density at radius 2 is 1.69 bits per heavy atom. The maximum atomic E-state index is 14.9. The molecule has 2 aromatic carbocycles. The quantitative estimate of drug-likeness (QED) is 0.191. The van der Waals surface area contributed by atoms with Crippen LogP contribution in [0.3, 0.4) is 0 Å². The Hall–Kier alpha value is -4.82. The number of carbonyl (C=O) groups is 2. The first-order chi connectivity index (χ1) is 22.4. The molecular weight excluding hydrogens is 636 g/mol. The summed E-state index contributed by atoms with van der Waals surface area (Å²) in [6, 6.07) is 11.8. The number of rotatable bonds is 9. The van der Waals surface area contributed by atoms with E-state index < -0.39 is 52.7 Å². The summed E-state index contributed by atoms with van der Waals surface area (Å²) in [7, 11) is 1.36. The van der Waals surface area contributed by atoms with Crippen LogP contribution in [0.5, 0.6) is 11.5 Å². The van der Waals surface area contributed by atoms with Crippen LogP contribution in [-0.4, -0.2) is 70.6 Å². The second kappa shape index (κ2) is 12.3. The number of fused-ring (bicyclic) bond motifs is 2. The van der Waals surface area contributed by atoms with Crippen molar-refractivity contribution in [3.8, 4) is 22.8 Å². The van der Waals surface area contributed by atoms with Crippen LogP contribution in [0.25, 0.3) is 22.2 Å². The molecule has 3 heterocycles. The average molecular weight is 671 g/mol. The van der Waals surface area contributed by atoms with Crippen LogP contribution in [0.15, 0.2) is 54.6 Å². The highest BCUT2D eigenvalue weighted by molar-refractivity contribution is 6.00. The van der Waals surface area contributed by atoms with Gasteiger partial charge in [0.05, 0.1) is 24.9 Å². The van der Waals surface area contributed by atoms with E-state index in [1.165, 1.54) is 52.1 Å². The molecule has 0 radical (unpaired) electrons. The van der Waals surface area contributed by atoms with Crippen molar-refractivity contribution < 1.29 is 46.8 Å². The predicted octanol–water partition coefficient (Wildman–Crippen LogP) is 4.47. The molecule has 0 spiro atoms. The Balaban J connectivity index is 1.58. The highest BCUT2D eigenvalue weighted by Crippen LogP contribution is 2.48. The van der Waals surface area contributed by atoms with Gasteiger partial charge in [-0.15, -0.1) is 0 Å². The minimum absolute atomic E-state index is 0.0314. The molecule has 1 aliphatic rings. The first kappa shape index (κ1) is 34.5. The molecule has 14 heteroatoms. The normalized spacial score (nSPS) is 17.3. The van der Waals surface area contributed by atoms with Crippen LogP contribution in [0.4, 0.5) is 17.6 Å². The number of methoxy groups -OCH3 is 1. The first-order valence-corrected chi connectivity index (χ1v) is 14.8. The van der Waals surface area contributed by atoms with Crippen molar-refractivity contribution in [1.82, 2.24) is 20.6 Å². The SMILES string of the molecule is COc1cc(C(=O)NC[C@](O)(c2cc3c(c(-c4ccc(F)cc4)n2)OC[C@]3(C)C(=O)NCC(C)(C)O)C(F)(F)F)cc2ccc(C)nc12. The molecule has 4 aromatic rings. The number of ether oxygens (including phenoxy) is 2. The minimum atomic E-state index is -5.39. The molecule has 48 heavy (non-hydrogen) atoms. The fourth-order valence-electron chi connectivity index (χ4n) is 5.31. The lowest BCUT2D eigenvalue weighted by atomic mass is 9.81. The predicted molar refractivity (Wildman–Crippen MR) is 167 cm³/mol. The fraction of sp³-hybridized carbons (Fsp3) is 0.353. The average Bonchev–Trinajstić information content (AvgIpc) is 3.38. The fourth-order valence-corrected chi connectivity index (χ4v) is 5.31. The molecule has 254 valence electrons. The zero-order valence-electron chi connectivity index (χ0n) is 26.8. The zero-order valence-corrected chi connectivity index (χ0v) is 26.8. The van der Waals surface area contributed by atoms with Crippen LogP contribution in [-0.2, 0) is 15.8 Å². The van der Waals surface area contributed by atoms with Crippen molar-refractivity contribution >= 4 is 22.7 Å². The molecule has 2 aromatic heterocycles. The molecule has 4 N–H and O–H groups in total. The second-order valence-corrected chi connectivity index (χ2v) is 12.6. The Kier molecular flexibility index (Phi) is 8.86. The molecule has 2 amide bonds. The van der Waals surface area contributed by atoms with E-state index in [1.807, 2.05) is 0 Å². The molecule has 0 fully saturated rings. The van der Waals surface area contributed by atoms with Crippen LogP contribution < -0.4 is 20.1 Å². The highest BCUT2D eigenvalue weighted by atomic mass is 19.4. The molecule has 0 bridgehead atoms. The van der Waals surface area contributed by atoms with Crippen molar-refractivity contribution in [3.05, 3.63) is 82.9 Å². The van der Waals surface area contributed by atoms with Gasteiger partial charge in [-0.1, -0.05) is 6.07 Å². The van der Waals surface area contributed by atoms with Crippen molar-refractivity contribution in [2.75, 3.05) is 26.8 Å². The zero-order chi connectivity index (χ0) is 35.2. The number of pyridine rings is 2. The van der Waals surface area contributed by atoms with Gasteiger partial charge in [-0.3, -0.25) is 9.59 Å². The number of benzene rings is 2. The van der Waals surface area contributed by atoms with Crippen LogP contribution in [0.1, 0.15) is 48.1 Å². The van der Waals surface area contributed by atoms with Crippen molar-refractivity contribution in [1.29, 1.82) is 0 Å². The molecule has 0 saturated heterocycles. The van der Waals surface area contributed by atoms with E-state index in [1.54, 1.807) is 19.1 Å². The van der Waals surface area contributed by atoms with Gasteiger partial charge in [-0.25, -0.2) is 14.4 Å². The molecule has 10 nitrogen and oxygen atoms in total. The van der Waals surface area contributed by atoms with Crippen molar-refractivity contribution in [3.63, 3.8) is 0 Å². The van der Waals surface area contributed by atoms with E-state index >= 15 is 0 Å². The molecule has 0 saturated carbocycles. The summed E-state index contributed by atoms with van der Waals surface area (Å²) in [5.74, 6) is -2.04. The summed E-state index contributed by atoms with van der Waals surface area (Å²) in [4.78, 5) is 35.2. The smallest absolute Gasteiger partial charge is 0.424 e. The van der Waals surface area contributed by atoms with E-state index in [4.69, 9.17) is 9.47 Å². The van der Waals surface area contributed by atoms with Gasteiger partial charge >= 0.3 is 6.18 Å². The number of aryl methyl sites for hydroxylation is 1. The van der Waals surface area contributed by atoms with Crippen LogP contribution in [0.2, 0.25) is 0 Å². The number of carbonyl (C=O) groups excluding carboxylic acids is 2. The van der Waals surface area contributed by atoms with Crippen molar-refractivity contribution in [2.45, 2.75) is 50.5 Å². The number of nitrogens with one attached hydrogen (secondary N) is 2. The van der Waals surface area contributed by atoms with Gasteiger partial charge in [0.15, 0.2) is 0 Å². The third-order valence-electron chi connectivity index (χ3n) is 8.15. The van der Waals surface area contributed by atoms with Crippen LogP contribution >= 0.6 is 0 Å². The lowest BCUT2D eigenvalue weighted by Crippen LogP contribution is -2.52. The minimum Gasteiger partial charge on any atom is -0.494 e. The van der Waals surface area contributed by atoms with Gasteiger partial charge in [0, 0.05) is 34.3 Å². The van der Waals surface area contributed by atoms with Gasteiger partial charge in [-0.05, 0) is 76.2 Å². The van der Waals surface area contributed by atoms with Gasteiger partial charge in [0.25, 0.3) is 5.91 Å². The number of halogens is 4. The lowest BCUT2D eigenvalue weighted by molar-refractivity contribution is -0.265. The maximum absolute atomic E-state index is 14.9. The summed E-state index contributed by atoms with van der Waals surface area (Å²) >= 11 is 0. The molecular formula is C34H34F4N4O6. The number of nitrogens with zero attached hydrogens (tertiary/aromatic N) is 2. The number of hydrogen-bond acceptors (Lipinski definition) is 8. The highest BCUT2D eigenvalue weighted by Gasteiger charge is 2.58. The van der Waals surface area contributed by atoms with E-state index in [-0.39, 0.29) is 47.0 Å². The summed E-state index contributed by atoms with van der Waals surface area (Å²) in [6.07, 6.45) is -5.39. The Labute approximate surface area is 273 Å². The number of aliphatic hydroxyl groups is 2. The third kappa shape index (κ3) is 6.49. The van der Waals surface area contributed by atoms with Gasteiger partial charge in [0.2, 0.25) is 11.5 Å². The topological polar surface area (TPSA) is 143 Å². The second-order valence-electron chi connectivity index (χ2n) is 12.6. The summed E-state index contributed by atoms with van der Waals surface area (Å²) in [6.45, 7) is 4.29. The first-order valence-electron chi connectivity index (χ1n) is 14.8. The number of alkyl halides is 3. The van der Waals surface area contributed by atoms with E-state index in [9.17, 15) is 37.4 Å². The molecule has 2 atom stereocenters. The van der Waals surface area contributed by atoms with Gasteiger partial charge in [-0.2, -0.15) is 13.2 Å². The van der Waals surface area contributed by atoms with Crippen molar-refractivity contribution in [2.24, 2.45) is 0 Å². The molecule has 1 aliphatic heterocycles. The number of aromatic nitrogens is 2. The largest absolute Gasteiger partial charge is 0.494 e. The standard InChI is InChI=1S/C34H34F4N4O6/c1-18-6-7-20-12-21(13-24(47-5)26(20)41-18)29(43)39-16-33(46,34(36,37)38)25-14-23-28(27(42-25)19-8-10-22(35)11-9-19)48-17-32(23,4)30(44)40-15-31(2,3)45/h6-14,45-46H,15-17H2,1-5H3,(H,39,43)(H,40,44)/t32-,33-/m0/s1. The van der Waals surface area contributed by atoms with Gasteiger partial charge < -0.3 is 30.3 Å². The molecule has 5 rings (SSSR count). The summed E-state index contributed by atoms with van der Waals surface area (Å²) < 4.78 is 69.7. The summed E-state index contributed by atoms with van der Waals surface area (Å²) in [5, 5.41) is 26.8. The Morgan fingerprint density at radius 1 is 1.00 bits per heavy atom. The van der Waals surface area contributed by atoms with E-state index in [0.29, 0.717) is 16.6 Å². The number of amides is 2. The van der Waals surface area contributed by atoms with E-state index in [0.717, 1.165) is 18.2 Å². The third-order valence-corrected chi connectivity index (χ3v) is 8.15. The van der Waals surface area contributed by atoms with Crippen LogP contribution in [0, 0.1) is 12.7 Å². The summed E-state index contributed by atoms with van der Waals surface area (Å²) in [5.41, 5.74) is -6.56. The monoisotopic (exact) mass is 670 g/mol. The van der Waals surface area contributed by atoms with E-state index in [2.05, 4.69) is 20.6 Å². The Bertz CT molecular complexity index is 1890. The Morgan fingerprint density at radius 3 is 2.31 bits per heavy atom. The lowest BCUT2D eigenvalue weighted by Gasteiger charge is -2.32.